The van der Waals surface area contributed by atoms with Crippen molar-refractivity contribution in [2.24, 2.45) is 11.1 Å². The van der Waals surface area contributed by atoms with Crippen LogP contribution in [-0.2, 0) is 0 Å². The highest BCUT2D eigenvalue weighted by atomic mass is 35.5. The number of benzene rings is 1. The van der Waals surface area contributed by atoms with Crippen molar-refractivity contribution in [1.82, 2.24) is 0 Å². The van der Waals surface area contributed by atoms with E-state index in [4.69, 9.17) is 17.3 Å². The number of aliphatic hydroxyl groups excluding tert-OH is 1. The molecule has 19 heavy (non-hydrogen) atoms. The van der Waals surface area contributed by atoms with Crippen LogP contribution in [0.2, 0.25) is 5.02 Å². The van der Waals surface area contributed by atoms with Gasteiger partial charge in [0.25, 0.3) is 0 Å². The van der Waals surface area contributed by atoms with Gasteiger partial charge in [-0.15, -0.1) is 12.4 Å². The van der Waals surface area contributed by atoms with Crippen molar-refractivity contribution >= 4 is 29.7 Å². The normalized spacial score (nSPS) is 14.5. The number of nitrogens with two attached hydrogens (primary N) is 1. The summed E-state index contributed by atoms with van der Waals surface area (Å²) in [5.41, 5.74) is 7.63. The Morgan fingerprint density at radius 1 is 1.26 bits per heavy atom. The molecule has 3 N–H and O–H groups in total. The minimum atomic E-state index is -0.639. The average Bonchev–Trinajstić information content (AvgIpc) is 2.25. The van der Waals surface area contributed by atoms with Crippen molar-refractivity contribution in [3.05, 3.63) is 28.8 Å². The van der Waals surface area contributed by atoms with E-state index in [1.54, 1.807) is 0 Å². The monoisotopic (exact) mass is 306 g/mol. The van der Waals surface area contributed by atoms with Crippen LogP contribution in [0.4, 0.5) is 5.69 Å². The first-order valence-electron chi connectivity index (χ1n) is 6.05. The third-order valence-corrected chi connectivity index (χ3v) is 3.41. The molecule has 0 aliphatic carbocycles. The maximum atomic E-state index is 10.2. The van der Waals surface area contributed by atoms with Gasteiger partial charge >= 0.3 is 0 Å². The van der Waals surface area contributed by atoms with Crippen LogP contribution in [0.3, 0.4) is 0 Å². The first kappa shape index (κ1) is 18.5. The van der Waals surface area contributed by atoms with E-state index in [0.29, 0.717) is 5.02 Å². The maximum Gasteiger partial charge on any atom is 0.0781 e. The fourth-order valence-corrected chi connectivity index (χ4v) is 2.07. The van der Waals surface area contributed by atoms with Gasteiger partial charge in [0.1, 0.15) is 0 Å². The molecule has 1 aromatic carbocycles. The number of nitrogens with zero attached hydrogens (tertiary/aromatic N) is 1. The molecule has 0 aliphatic rings. The summed E-state index contributed by atoms with van der Waals surface area (Å²) >= 11 is 6.24. The second-order valence-corrected chi connectivity index (χ2v) is 6.34. The van der Waals surface area contributed by atoms with Crippen LogP contribution in [0.25, 0.3) is 0 Å². The predicted octanol–water partition coefficient (Wildman–Crippen LogP) is 3.23. The molecule has 2 atom stereocenters. The van der Waals surface area contributed by atoms with Crippen LogP contribution < -0.4 is 10.6 Å². The lowest BCUT2D eigenvalue weighted by atomic mass is 9.82. The van der Waals surface area contributed by atoms with Gasteiger partial charge in [0.2, 0.25) is 0 Å². The molecular formula is C14H24Cl2N2O. The Labute approximate surface area is 127 Å². The van der Waals surface area contributed by atoms with E-state index in [-0.39, 0.29) is 17.8 Å². The lowest BCUT2D eigenvalue weighted by molar-refractivity contribution is 0.0401. The highest BCUT2D eigenvalue weighted by molar-refractivity contribution is 6.31. The van der Waals surface area contributed by atoms with Gasteiger partial charge in [0, 0.05) is 24.8 Å². The van der Waals surface area contributed by atoms with Gasteiger partial charge in [0.05, 0.1) is 12.1 Å². The zero-order chi connectivity index (χ0) is 14.1. The minimum Gasteiger partial charge on any atom is -0.391 e. The summed E-state index contributed by atoms with van der Waals surface area (Å²) in [6.45, 7) is 5.87. The molecule has 0 aliphatic heterocycles. The van der Waals surface area contributed by atoms with Gasteiger partial charge in [-0.25, -0.2) is 0 Å². The number of hydrogen-bond donors (Lipinski definition) is 2. The Balaban J connectivity index is 0.00000324. The molecule has 1 aromatic rings. The smallest absolute Gasteiger partial charge is 0.0781 e. The predicted molar refractivity (Wildman–Crippen MR) is 85.4 cm³/mol. The molecule has 110 valence electrons. The standard InChI is InChI=1S/C14H23ClN2O.ClH/c1-14(2,3)13(18)12(16)10-7-6-9(17(4)5)8-11(10)15;/h6-8,12-13,18H,16H2,1-5H3;1H/t12-,13-;/m0./s1. The third kappa shape index (κ3) is 4.53. The van der Waals surface area contributed by atoms with Gasteiger partial charge in [-0.1, -0.05) is 38.4 Å². The fourth-order valence-electron chi connectivity index (χ4n) is 1.77. The summed E-state index contributed by atoms with van der Waals surface area (Å²) in [5, 5.41) is 10.8. The largest absolute Gasteiger partial charge is 0.391 e. The maximum absolute atomic E-state index is 10.2. The van der Waals surface area contributed by atoms with Crippen LogP contribution in [0.1, 0.15) is 32.4 Å². The quantitative estimate of drug-likeness (QED) is 0.901. The first-order valence-corrected chi connectivity index (χ1v) is 6.43. The number of anilines is 1. The van der Waals surface area contributed by atoms with Crippen molar-refractivity contribution in [1.29, 1.82) is 0 Å². The Bertz CT molecular complexity index is 416. The molecule has 3 nitrogen and oxygen atoms in total. The molecule has 5 heteroatoms. The lowest BCUT2D eigenvalue weighted by Crippen LogP contribution is -2.37. The van der Waals surface area contributed by atoms with Crippen LogP contribution in [0, 0.1) is 5.41 Å². The second kappa shape index (κ2) is 6.80. The van der Waals surface area contributed by atoms with E-state index < -0.39 is 12.1 Å². The lowest BCUT2D eigenvalue weighted by Gasteiger charge is -2.31. The molecule has 0 heterocycles. The van der Waals surface area contributed by atoms with Gasteiger partial charge in [-0.05, 0) is 23.1 Å². The number of rotatable bonds is 3. The van der Waals surface area contributed by atoms with Crippen LogP contribution in [-0.4, -0.2) is 25.3 Å². The molecule has 0 aromatic heterocycles. The van der Waals surface area contributed by atoms with E-state index >= 15 is 0 Å². The van der Waals surface area contributed by atoms with E-state index in [2.05, 4.69) is 0 Å². The summed E-state index contributed by atoms with van der Waals surface area (Å²) in [6.07, 6.45) is -0.639. The Hall–Kier alpha value is -0.480. The van der Waals surface area contributed by atoms with Crippen molar-refractivity contribution in [2.45, 2.75) is 32.9 Å². The number of hydrogen-bond acceptors (Lipinski definition) is 3. The molecule has 0 spiro atoms. The highest BCUT2D eigenvalue weighted by Crippen LogP contribution is 2.33. The summed E-state index contributed by atoms with van der Waals surface area (Å²) in [4.78, 5) is 1.97. The van der Waals surface area contributed by atoms with Gasteiger partial charge in [0.15, 0.2) is 0 Å². The van der Waals surface area contributed by atoms with Crippen LogP contribution >= 0.6 is 24.0 Å². The number of aliphatic hydroxyl groups is 1. The fraction of sp³-hybridized carbons (Fsp3) is 0.571. The molecule has 1 rings (SSSR count). The SMILES string of the molecule is CN(C)c1ccc([C@H](N)[C@H](O)C(C)(C)C)c(Cl)c1.Cl. The van der Waals surface area contributed by atoms with Gasteiger partial charge in [-0.3, -0.25) is 0 Å². The van der Waals surface area contributed by atoms with Crippen molar-refractivity contribution in [3.8, 4) is 0 Å². The van der Waals surface area contributed by atoms with Crippen LogP contribution in [0.5, 0.6) is 0 Å². The topological polar surface area (TPSA) is 49.5 Å². The molecular weight excluding hydrogens is 283 g/mol. The molecule has 0 bridgehead atoms. The zero-order valence-corrected chi connectivity index (χ0v) is 13.7. The zero-order valence-electron chi connectivity index (χ0n) is 12.1. The molecule has 0 radical (unpaired) electrons. The second-order valence-electron chi connectivity index (χ2n) is 5.94. The Kier molecular flexibility index (Phi) is 6.63. The minimum absolute atomic E-state index is 0. The molecule has 0 saturated heterocycles. The highest BCUT2D eigenvalue weighted by Gasteiger charge is 2.30. The summed E-state index contributed by atoms with van der Waals surface area (Å²) < 4.78 is 0. The van der Waals surface area contributed by atoms with Gasteiger partial charge in [-0.2, -0.15) is 0 Å². The third-order valence-electron chi connectivity index (χ3n) is 3.09. The van der Waals surface area contributed by atoms with Crippen molar-refractivity contribution in [2.75, 3.05) is 19.0 Å². The van der Waals surface area contributed by atoms with Crippen molar-refractivity contribution < 1.29 is 5.11 Å². The van der Waals surface area contributed by atoms with E-state index in [1.165, 1.54) is 0 Å². The molecule has 0 saturated carbocycles. The number of halogens is 2. The van der Waals surface area contributed by atoms with Crippen molar-refractivity contribution in [3.63, 3.8) is 0 Å². The molecule has 0 unspecified atom stereocenters. The van der Waals surface area contributed by atoms with E-state index in [0.717, 1.165) is 11.3 Å². The van der Waals surface area contributed by atoms with Gasteiger partial charge < -0.3 is 15.7 Å². The summed E-state index contributed by atoms with van der Waals surface area (Å²) in [7, 11) is 3.91. The molecule has 0 fully saturated rings. The average molecular weight is 307 g/mol. The summed E-state index contributed by atoms with van der Waals surface area (Å²) in [6, 6.07) is 5.23. The van der Waals surface area contributed by atoms with Crippen LogP contribution in [0.15, 0.2) is 18.2 Å². The Morgan fingerprint density at radius 2 is 1.79 bits per heavy atom. The summed E-state index contributed by atoms with van der Waals surface area (Å²) in [5.74, 6) is 0. The van der Waals surface area contributed by atoms with E-state index in [1.807, 2.05) is 58.0 Å². The Morgan fingerprint density at radius 3 is 2.16 bits per heavy atom. The van der Waals surface area contributed by atoms with E-state index in [9.17, 15) is 5.11 Å². The molecule has 0 amide bonds. The first-order chi connectivity index (χ1) is 8.14.